The minimum absolute atomic E-state index is 0.123. The van der Waals surface area contributed by atoms with Crippen LogP contribution in [0, 0.1) is 0 Å². The molecule has 1 N–H and O–H groups in total. The van der Waals surface area contributed by atoms with Gasteiger partial charge in [0.2, 0.25) is 5.95 Å². The molecule has 2 aromatic heterocycles. The highest BCUT2D eigenvalue weighted by molar-refractivity contribution is 6.33. The van der Waals surface area contributed by atoms with E-state index in [2.05, 4.69) is 25.2 Å². The topological polar surface area (TPSA) is 94.4 Å². The third-order valence-electron chi connectivity index (χ3n) is 5.43. The summed E-state index contributed by atoms with van der Waals surface area (Å²) in [7, 11) is 5.02. The molecule has 0 radical (unpaired) electrons. The fourth-order valence-electron chi connectivity index (χ4n) is 3.73. The predicted molar refractivity (Wildman–Crippen MR) is 121 cm³/mol. The zero-order valence-electron chi connectivity index (χ0n) is 18.2. The summed E-state index contributed by atoms with van der Waals surface area (Å²) >= 11 is 6.31. The maximum atomic E-state index is 13.3. The van der Waals surface area contributed by atoms with Gasteiger partial charge in [0.15, 0.2) is 5.69 Å². The number of aryl methyl sites for hydroxylation is 1. The van der Waals surface area contributed by atoms with Crippen LogP contribution in [0.4, 0.5) is 5.95 Å². The lowest BCUT2D eigenvalue weighted by Gasteiger charge is -2.21. The fraction of sp³-hybridized carbons (Fsp3) is 0.364. The Balaban J connectivity index is 1.70. The van der Waals surface area contributed by atoms with Gasteiger partial charge in [-0.3, -0.25) is 4.79 Å². The molecule has 1 amide bonds. The molecule has 1 saturated heterocycles. The smallest absolute Gasteiger partial charge is 0.272 e. The number of nitrogens with one attached hydrogen (secondary N) is 1. The number of carbonyl (C=O) groups excluding carboxylic acids is 1. The van der Waals surface area contributed by atoms with E-state index in [4.69, 9.17) is 21.1 Å². The van der Waals surface area contributed by atoms with Crippen molar-refractivity contribution in [3.63, 3.8) is 0 Å². The molecular weight excluding hydrogens is 432 g/mol. The monoisotopic (exact) mass is 456 g/mol. The van der Waals surface area contributed by atoms with Crippen LogP contribution in [-0.2, 0) is 7.05 Å². The molecule has 0 bridgehead atoms. The molecule has 1 aliphatic rings. The van der Waals surface area contributed by atoms with Gasteiger partial charge in [0, 0.05) is 38.6 Å². The second kappa shape index (κ2) is 9.44. The van der Waals surface area contributed by atoms with Crippen molar-refractivity contribution in [3.05, 3.63) is 58.9 Å². The Bertz CT molecular complexity index is 1090. The zero-order chi connectivity index (χ0) is 22.7. The molecule has 1 aliphatic heterocycles. The molecule has 0 spiro atoms. The van der Waals surface area contributed by atoms with Crippen LogP contribution in [0.1, 0.15) is 40.8 Å². The minimum Gasteiger partial charge on any atom is -0.497 e. The lowest BCUT2D eigenvalue weighted by atomic mass is 10.0. The van der Waals surface area contributed by atoms with E-state index in [1.807, 2.05) is 29.9 Å². The Morgan fingerprint density at radius 2 is 1.81 bits per heavy atom. The van der Waals surface area contributed by atoms with Gasteiger partial charge in [-0.1, -0.05) is 11.6 Å². The van der Waals surface area contributed by atoms with Crippen molar-refractivity contribution < 1.29 is 14.3 Å². The molecule has 3 aromatic rings. The van der Waals surface area contributed by atoms with Crippen LogP contribution >= 0.6 is 11.6 Å². The molecule has 1 unspecified atom stereocenters. The first-order valence-electron chi connectivity index (χ1n) is 10.3. The van der Waals surface area contributed by atoms with Gasteiger partial charge in [-0.15, -0.1) is 0 Å². The summed E-state index contributed by atoms with van der Waals surface area (Å²) in [5.74, 6) is 1.92. The van der Waals surface area contributed by atoms with Crippen molar-refractivity contribution in [2.45, 2.75) is 18.9 Å². The summed E-state index contributed by atoms with van der Waals surface area (Å²) < 4.78 is 12.7. The molecule has 1 fully saturated rings. The first-order chi connectivity index (χ1) is 15.5. The van der Waals surface area contributed by atoms with E-state index in [1.54, 1.807) is 26.5 Å². The average molecular weight is 457 g/mol. The van der Waals surface area contributed by atoms with Crippen molar-refractivity contribution in [1.82, 2.24) is 24.8 Å². The number of ether oxygens (including phenoxy) is 2. The molecule has 32 heavy (non-hydrogen) atoms. The molecule has 0 saturated carbocycles. The molecule has 4 rings (SSSR count). The molecule has 3 heterocycles. The van der Waals surface area contributed by atoms with Crippen LogP contribution in [-0.4, -0.2) is 52.7 Å². The second-order valence-corrected chi connectivity index (χ2v) is 7.92. The maximum Gasteiger partial charge on any atom is 0.272 e. The van der Waals surface area contributed by atoms with E-state index in [-0.39, 0.29) is 10.7 Å². The number of anilines is 1. The van der Waals surface area contributed by atoms with E-state index < -0.39 is 11.9 Å². The van der Waals surface area contributed by atoms with Gasteiger partial charge in [0.05, 0.1) is 25.4 Å². The van der Waals surface area contributed by atoms with Crippen molar-refractivity contribution >= 4 is 23.5 Å². The quantitative estimate of drug-likeness (QED) is 0.584. The van der Waals surface area contributed by atoms with Crippen molar-refractivity contribution in [2.24, 2.45) is 7.05 Å². The van der Waals surface area contributed by atoms with E-state index in [9.17, 15) is 4.79 Å². The van der Waals surface area contributed by atoms with Crippen molar-refractivity contribution in [3.8, 4) is 11.5 Å². The van der Waals surface area contributed by atoms with Crippen molar-refractivity contribution in [1.29, 1.82) is 0 Å². The van der Waals surface area contributed by atoms with Crippen molar-refractivity contribution in [2.75, 3.05) is 32.2 Å². The summed E-state index contributed by atoms with van der Waals surface area (Å²) in [5.41, 5.74) is 0.867. The Kier molecular flexibility index (Phi) is 6.45. The van der Waals surface area contributed by atoms with E-state index in [1.165, 1.54) is 6.20 Å². The van der Waals surface area contributed by atoms with Crippen LogP contribution in [0.5, 0.6) is 11.5 Å². The number of hydrogen-bond donors (Lipinski definition) is 1. The highest BCUT2D eigenvalue weighted by atomic mass is 35.5. The lowest BCUT2D eigenvalue weighted by molar-refractivity contribution is 0.0936. The number of amides is 1. The first kappa shape index (κ1) is 21.9. The van der Waals surface area contributed by atoms with E-state index >= 15 is 0 Å². The average Bonchev–Trinajstić information content (AvgIpc) is 3.49. The van der Waals surface area contributed by atoms with Crippen LogP contribution in [0.3, 0.4) is 0 Å². The predicted octanol–water partition coefficient (Wildman–Crippen LogP) is 3.00. The summed E-state index contributed by atoms with van der Waals surface area (Å²) in [5, 5.41) is 3.21. The summed E-state index contributed by atoms with van der Waals surface area (Å²) in [6, 6.07) is 4.84. The Morgan fingerprint density at radius 1 is 1.12 bits per heavy atom. The van der Waals surface area contributed by atoms with Gasteiger partial charge < -0.3 is 24.3 Å². The lowest BCUT2D eigenvalue weighted by Crippen LogP contribution is -2.32. The molecule has 10 heteroatoms. The standard InChI is InChI=1S/C22H25ClN6O3/c1-28-9-6-24-20(28)18(14-10-15(31-2)12-16(11-14)32-3)26-21(30)19-17(23)13-25-22(27-19)29-7-4-5-8-29/h6,9-13,18H,4-5,7-8H2,1-3H3,(H,26,30). The molecular formula is C22H25ClN6O3. The van der Waals surface area contributed by atoms with Gasteiger partial charge >= 0.3 is 0 Å². The first-order valence-corrected chi connectivity index (χ1v) is 10.7. The largest absolute Gasteiger partial charge is 0.497 e. The summed E-state index contributed by atoms with van der Waals surface area (Å²) in [6.45, 7) is 1.73. The van der Waals surface area contributed by atoms with Gasteiger partial charge in [-0.25, -0.2) is 15.0 Å². The zero-order valence-corrected chi connectivity index (χ0v) is 19.0. The number of carbonyl (C=O) groups is 1. The molecule has 9 nitrogen and oxygen atoms in total. The van der Waals surface area contributed by atoms with Crippen LogP contribution < -0.4 is 19.7 Å². The molecule has 0 aliphatic carbocycles. The second-order valence-electron chi connectivity index (χ2n) is 7.51. The van der Waals surface area contributed by atoms with E-state index in [0.717, 1.165) is 31.5 Å². The Hall–Kier alpha value is -3.33. The number of nitrogens with zero attached hydrogens (tertiary/aromatic N) is 5. The summed E-state index contributed by atoms with van der Waals surface area (Å²) in [6.07, 6.45) is 7.12. The molecule has 1 atom stereocenters. The molecule has 168 valence electrons. The van der Waals surface area contributed by atoms with Crippen LogP contribution in [0.2, 0.25) is 5.02 Å². The number of hydrogen-bond acceptors (Lipinski definition) is 7. The number of benzene rings is 1. The maximum absolute atomic E-state index is 13.3. The third-order valence-corrected chi connectivity index (χ3v) is 5.71. The highest BCUT2D eigenvalue weighted by Gasteiger charge is 2.26. The highest BCUT2D eigenvalue weighted by Crippen LogP contribution is 2.30. The molecule has 1 aromatic carbocycles. The van der Waals surface area contributed by atoms with Gasteiger partial charge in [0.25, 0.3) is 5.91 Å². The Morgan fingerprint density at radius 3 is 2.41 bits per heavy atom. The summed E-state index contributed by atoms with van der Waals surface area (Å²) in [4.78, 5) is 28.6. The number of imidazole rings is 1. The van der Waals surface area contributed by atoms with Crippen LogP contribution in [0.25, 0.3) is 0 Å². The van der Waals surface area contributed by atoms with E-state index in [0.29, 0.717) is 23.3 Å². The number of halogens is 1. The number of methoxy groups -OCH3 is 2. The van der Waals surface area contributed by atoms with Crippen LogP contribution in [0.15, 0.2) is 36.8 Å². The minimum atomic E-state index is -0.590. The SMILES string of the molecule is COc1cc(OC)cc(C(NC(=O)c2nc(N3CCCC3)ncc2Cl)c2nccn2C)c1. The van der Waals surface area contributed by atoms with Gasteiger partial charge in [0.1, 0.15) is 23.4 Å². The number of aromatic nitrogens is 4. The van der Waals surface area contributed by atoms with Gasteiger partial charge in [-0.05, 0) is 30.5 Å². The third kappa shape index (κ3) is 4.47. The normalized spacial score (nSPS) is 14.3. The number of rotatable bonds is 7. The fourth-order valence-corrected chi connectivity index (χ4v) is 3.91. The Labute approximate surface area is 191 Å². The van der Waals surface area contributed by atoms with Gasteiger partial charge in [-0.2, -0.15) is 0 Å².